The zero-order chi connectivity index (χ0) is 21.2. The summed E-state index contributed by atoms with van der Waals surface area (Å²) in [4.78, 5) is 11.9. The van der Waals surface area contributed by atoms with E-state index >= 15 is 0 Å². The van der Waals surface area contributed by atoms with Crippen LogP contribution in [0.2, 0.25) is 0 Å². The number of hydrogen-bond donors (Lipinski definition) is 0. The third-order valence-electron chi connectivity index (χ3n) is 5.87. The Morgan fingerprint density at radius 1 is 1.00 bits per heavy atom. The zero-order valence-corrected chi connectivity index (χ0v) is 17.8. The lowest BCUT2D eigenvalue weighted by atomic mass is 10.1. The third-order valence-corrected chi connectivity index (χ3v) is 5.87. The lowest BCUT2D eigenvalue weighted by Crippen LogP contribution is -2.31. The first-order valence-corrected chi connectivity index (χ1v) is 10.5. The summed E-state index contributed by atoms with van der Waals surface area (Å²) in [5.41, 5.74) is 6.87. The molecule has 156 valence electrons. The molecular weight excluding hydrogens is 386 g/mol. The first-order valence-electron chi connectivity index (χ1n) is 10.5. The van der Waals surface area contributed by atoms with Gasteiger partial charge >= 0.3 is 0 Å². The van der Waals surface area contributed by atoms with E-state index in [1.807, 2.05) is 59.5 Å². The van der Waals surface area contributed by atoms with E-state index in [2.05, 4.69) is 34.0 Å². The number of methoxy groups -OCH3 is 1. The maximum absolute atomic E-state index is 5.26. The molecule has 2 aromatic heterocycles. The summed E-state index contributed by atoms with van der Waals surface area (Å²) in [6, 6.07) is 18.1. The van der Waals surface area contributed by atoms with Crippen molar-refractivity contribution in [1.29, 1.82) is 0 Å². The summed E-state index contributed by atoms with van der Waals surface area (Å²) in [6.45, 7) is 4.82. The van der Waals surface area contributed by atoms with Crippen LogP contribution in [-0.4, -0.2) is 38.3 Å². The van der Waals surface area contributed by atoms with E-state index in [-0.39, 0.29) is 0 Å². The van der Waals surface area contributed by atoms with Gasteiger partial charge < -0.3 is 4.74 Å². The van der Waals surface area contributed by atoms with Crippen LogP contribution in [0.25, 0.3) is 17.1 Å². The molecule has 31 heavy (non-hydrogen) atoms. The van der Waals surface area contributed by atoms with E-state index in [0.717, 1.165) is 60.3 Å². The van der Waals surface area contributed by atoms with E-state index in [4.69, 9.17) is 9.72 Å². The second-order valence-electron chi connectivity index (χ2n) is 7.86. The zero-order valence-electron chi connectivity index (χ0n) is 17.8. The van der Waals surface area contributed by atoms with Gasteiger partial charge in [0.15, 0.2) is 5.82 Å². The highest BCUT2D eigenvalue weighted by Crippen LogP contribution is 2.24. The van der Waals surface area contributed by atoms with Crippen molar-refractivity contribution in [2.24, 2.45) is 0 Å². The number of fused-ring (bicyclic) bond motifs is 1. The normalized spacial score (nSPS) is 13.7. The van der Waals surface area contributed by atoms with Crippen molar-refractivity contribution >= 4 is 0 Å². The predicted octanol–water partition coefficient (Wildman–Crippen LogP) is 4.20. The molecule has 2 aromatic carbocycles. The van der Waals surface area contributed by atoms with Crippen molar-refractivity contribution in [2.45, 2.75) is 26.4 Å². The van der Waals surface area contributed by atoms with Gasteiger partial charge in [0.25, 0.3) is 0 Å². The standard InChI is InChI=1S/C25H25N5O/c1-18-20(15-27-30(18)22-8-10-23(31-2)11-9-22)16-29-13-12-24-21(17-29)14-26-25(28-24)19-6-4-3-5-7-19/h3-11,14-15H,12-13,16-17H2,1-2H3. The Morgan fingerprint density at radius 2 is 1.81 bits per heavy atom. The summed E-state index contributed by atoms with van der Waals surface area (Å²) in [7, 11) is 1.68. The van der Waals surface area contributed by atoms with Crippen LogP contribution in [0.4, 0.5) is 0 Å². The molecule has 0 N–H and O–H groups in total. The van der Waals surface area contributed by atoms with Crippen LogP contribution in [0, 0.1) is 6.92 Å². The summed E-state index contributed by atoms with van der Waals surface area (Å²) in [6.07, 6.45) is 4.90. The SMILES string of the molecule is COc1ccc(-n2ncc(CN3CCc4nc(-c5ccccc5)ncc4C3)c2C)cc1. The highest BCUT2D eigenvalue weighted by Gasteiger charge is 2.20. The van der Waals surface area contributed by atoms with E-state index in [9.17, 15) is 0 Å². The molecule has 0 radical (unpaired) electrons. The number of aromatic nitrogens is 4. The summed E-state index contributed by atoms with van der Waals surface area (Å²) >= 11 is 0. The van der Waals surface area contributed by atoms with Crippen LogP contribution in [0.3, 0.4) is 0 Å². The molecule has 0 bridgehead atoms. The average Bonchev–Trinajstić information content (AvgIpc) is 3.19. The van der Waals surface area contributed by atoms with E-state index in [0.29, 0.717) is 0 Å². The third kappa shape index (κ3) is 3.94. The Hall–Kier alpha value is -3.51. The van der Waals surface area contributed by atoms with Gasteiger partial charge in [0.1, 0.15) is 5.75 Å². The fraction of sp³-hybridized carbons (Fsp3) is 0.240. The molecule has 6 heteroatoms. The minimum absolute atomic E-state index is 0.810. The first-order chi connectivity index (χ1) is 15.2. The molecule has 0 spiro atoms. The van der Waals surface area contributed by atoms with E-state index in [1.165, 1.54) is 11.1 Å². The quantitative estimate of drug-likeness (QED) is 0.493. The number of hydrogen-bond acceptors (Lipinski definition) is 5. The van der Waals surface area contributed by atoms with E-state index < -0.39 is 0 Å². The largest absolute Gasteiger partial charge is 0.497 e. The molecule has 3 heterocycles. The molecule has 1 aliphatic rings. The average molecular weight is 412 g/mol. The summed E-state index contributed by atoms with van der Waals surface area (Å²) in [5, 5.41) is 4.62. The molecule has 0 atom stereocenters. The van der Waals surface area contributed by atoms with Crippen LogP contribution >= 0.6 is 0 Å². The Bertz CT molecular complexity index is 1180. The van der Waals surface area contributed by atoms with Gasteiger partial charge in [0, 0.05) is 54.6 Å². The predicted molar refractivity (Wildman–Crippen MR) is 120 cm³/mol. The van der Waals surface area contributed by atoms with Gasteiger partial charge in [-0.2, -0.15) is 5.10 Å². The van der Waals surface area contributed by atoms with Gasteiger partial charge in [0.2, 0.25) is 0 Å². The van der Waals surface area contributed by atoms with Gasteiger partial charge in [-0.15, -0.1) is 0 Å². The lowest BCUT2D eigenvalue weighted by molar-refractivity contribution is 0.242. The first kappa shape index (κ1) is 19.5. The fourth-order valence-electron chi connectivity index (χ4n) is 4.06. The Balaban J connectivity index is 1.31. The molecule has 0 saturated heterocycles. The van der Waals surface area contributed by atoms with Gasteiger partial charge in [-0.3, -0.25) is 4.90 Å². The van der Waals surface area contributed by atoms with Crippen LogP contribution < -0.4 is 4.74 Å². The number of benzene rings is 2. The maximum Gasteiger partial charge on any atom is 0.159 e. The minimum atomic E-state index is 0.810. The molecule has 0 fully saturated rings. The lowest BCUT2D eigenvalue weighted by Gasteiger charge is -2.28. The van der Waals surface area contributed by atoms with Crippen LogP contribution in [0.5, 0.6) is 5.75 Å². The van der Waals surface area contributed by atoms with Crippen molar-refractivity contribution < 1.29 is 4.74 Å². The van der Waals surface area contributed by atoms with Crippen molar-refractivity contribution in [3.63, 3.8) is 0 Å². The highest BCUT2D eigenvalue weighted by atomic mass is 16.5. The second kappa shape index (κ2) is 8.32. The number of nitrogens with zero attached hydrogens (tertiary/aromatic N) is 5. The Labute approximate surface area is 182 Å². The molecule has 0 unspecified atom stereocenters. The van der Waals surface area contributed by atoms with Crippen molar-refractivity contribution in [2.75, 3.05) is 13.7 Å². The minimum Gasteiger partial charge on any atom is -0.497 e. The molecule has 0 amide bonds. The molecule has 6 nitrogen and oxygen atoms in total. The maximum atomic E-state index is 5.26. The molecular formula is C25H25N5O. The van der Waals surface area contributed by atoms with Crippen LogP contribution in [0.15, 0.2) is 67.0 Å². The fourth-order valence-corrected chi connectivity index (χ4v) is 4.06. The molecule has 4 aromatic rings. The summed E-state index contributed by atoms with van der Waals surface area (Å²) < 4.78 is 7.24. The van der Waals surface area contributed by atoms with Crippen molar-refractivity contribution in [3.05, 3.63) is 89.5 Å². The van der Waals surface area contributed by atoms with Crippen LogP contribution in [0.1, 0.15) is 22.5 Å². The van der Waals surface area contributed by atoms with Crippen LogP contribution in [-0.2, 0) is 19.5 Å². The Kier molecular flexibility index (Phi) is 5.22. The second-order valence-corrected chi connectivity index (χ2v) is 7.86. The van der Waals surface area contributed by atoms with Crippen molar-refractivity contribution in [1.82, 2.24) is 24.6 Å². The van der Waals surface area contributed by atoms with Gasteiger partial charge in [-0.1, -0.05) is 30.3 Å². The number of ether oxygens (including phenoxy) is 1. The van der Waals surface area contributed by atoms with E-state index in [1.54, 1.807) is 7.11 Å². The molecule has 0 saturated carbocycles. The topological polar surface area (TPSA) is 56.1 Å². The molecule has 1 aliphatic heterocycles. The van der Waals surface area contributed by atoms with Gasteiger partial charge in [-0.05, 0) is 31.2 Å². The number of rotatable bonds is 5. The molecule has 0 aliphatic carbocycles. The monoisotopic (exact) mass is 411 g/mol. The Morgan fingerprint density at radius 3 is 2.58 bits per heavy atom. The summed E-state index contributed by atoms with van der Waals surface area (Å²) in [5.74, 6) is 1.66. The van der Waals surface area contributed by atoms with Crippen molar-refractivity contribution in [3.8, 4) is 22.8 Å². The van der Waals surface area contributed by atoms with Gasteiger partial charge in [-0.25, -0.2) is 14.6 Å². The van der Waals surface area contributed by atoms with Gasteiger partial charge in [0.05, 0.1) is 24.7 Å². The molecule has 5 rings (SSSR count). The highest BCUT2D eigenvalue weighted by molar-refractivity contribution is 5.54. The smallest absolute Gasteiger partial charge is 0.159 e.